The van der Waals surface area contributed by atoms with Gasteiger partial charge in [-0.2, -0.15) is 0 Å². The second-order valence-electron chi connectivity index (χ2n) is 6.96. The zero-order valence-corrected chi connectivity index (χ0v) is 13.1. The number of aromatic amines is 1. The maximum atomic E-state index is 3.50. The van der Waals surface area contributed by atoms with Gasteiger partial charge >= 0.3 is 0 Å². The standard InChI is InChI=1S/C17H28N4/c1-2-9-19(8-1)14-16-17(5-7-18-16)21-12-6-15(13-21)20-10-3-4-11-20/h5,7,15,18H,1-4,6,8-14H2. The summed E-state index contributed by atoms with van der Waals surface area (Å²) in [6.07, 6.45) is 9.02. The second-order valence-corrected chi connectivity index (χ2v) is 6.96. The molecule has 1 unspecified atom stereocenters. The van der Waals surface area contributed by atoms with Crippen molar-refractivity contribution < 1.29 is 0 Å². The molecule has 0 saturated carbocycles. The average Bonchev–Trinajstić information content (AvgIpc) is 3.28. The van der Waals surface area contributed by atoms with Gasteiger partial charge in [0, 0.05) is 31.9 Å². The fourth-order valence-electron chi connectivity index (χ4n) is 4.35. The fourth-order valence-corrected chi connectivity index (χ4v) is 4.35. The lowest BCUT2D eigenvalue weighted by molar-refractivity contribution is 0.260. The second kappa shape index (κ2) is 6.01. The summed E-state index contributed by atoms with van der Waals surface area (Å²) in [7, 11) is 0. The molecular formula is C17H28N4. The van der Waals surface area contributed by atoms with E-state index in [1.165, 1.54) is 82.8 Å². The maximum Gasteiger partial charge on any atom is 0.0591 e. The van der Waals surface area contributed by atoms with Crippen LogP contribution in [-0.4, -0.2) is 60.1 Å². The first-order valence-electron chi connectivity index (χ1n) is 8.78. The van der Waals surface area contributed by atoms with Crippen molar-refractivity contribution >= 4 is 5.69 Å². The molecular weight excluding hydrogens is 260 g/mol. The summed E-state index contributed by atoms with van der Waals surface area (Å²) in [5.74, 6) is 0. The minimum absolute atomic E-state index is 0.794. The van der Waals surface area contributed by atoms with E-state index in [2.05, 4.69) is 31.9 Å². The van der Waals surface area contributed by atoms with Gasteiger partial charge in [-0.25, -0.2) is 0 Å². The number of anilines is 1. The van der Waals surface area contributed by atoms with Crippen molar-refractivity contribution in [2.75, 3.05) is 44.2 Å². The Balaban J connectivity index is 1.41. The summed E-state index contributed by atoms with van der Waals surface area (Å²) in [4.78, 5) is 11.4. The first-order valence-corrected chi connectivity index (χ1v) is 8.78. The molecule has 4 heterocycles. The van der Waals surface area contributed by atoms with Gasteiger partial charge < -0.3 is 9.88 Å². The third kappa shape index (κ3) is 2.84. The van der Waals surface area contributed by atoms with Crippen LogP contribution in [0.1, 0.15) is 37.8 Å². The number of rotatable bonds is 4. The minimum atomic E-state index is 0.794. The van der Waals surface area contributed by atoms with Gasteiger partial charge in [0.25, 0.3) is 0 Å². The van der Waals surface area contributed by atoms with Gasteiger partial charge in [0.15, 0.2) is 0 Å². The molecule has 21 heavy (non-hydrogen) atoms. The van der Waals surface area contributed by atoms with Gasteiger partial charge in [0.1, 0.15) is 0 Å². The topological polar surface area (TPSA) is 25.5 Å². The van der Waals surface area contributed by atoms with E-state index in [4.69, 9.17) is 0 Å². The molecule has 3 fully saturated rings. The average molecular weight is 288 g/mol. The zero-order valence-electron chi connectivity index (χ0n) is 13.1. The zero-order chi connectivity index (χ0) is 14.1. The molecule has 1 N–H and O–H groups in total. The molecule has 3 saturated heterocycles. The lowest BCUT2D eigenvalue weighted by Crippen LogP contribution is -2.35. The molecule has 0 aromatic carbocycles. The lowest BCUT2D eigenvalue weighted by atomic mass is 10.2. The minimum Gasteiger partial charge on any atom is -0.368 e. The molecule has 116 valence electrons. The fraction of sp³-hybridized carbons (Fsp3) is 0.765. The number of H-pyrrole nitrogens is 1. The van der Waals surface area contributed by atoms with Gasteiger partial charge in [0.05, 0.1) is 11.4 Å². The van der Waals surface area contributed by atoms with Crippen molar-refractivity contribution in [3.63, 3.8) is 0 Å². The Morgan fingerprint density at radius 3 is 2.57 bits per heavy atom. The van der Waals surface area contributed by atoms with Crippen molar-refractivity contribution in [3.8, 4) is 0 Å². The van der Waals surface area contributed by atoms with Crippen LogP contribution in [0.5, 0.6) is 0 Å². The molecule has 1 aromatic rings. The molecule has 4 heteroatoms. The SMILES string of the molecule is c1cc(N2CCC(N3CCCC3)C2)c(CN2CCCC2)[nH]1. The number of hydrogen-bond donors (Lipinski definition) is 1. The van der Waals surface area contributed by atoms with E-state index < -0.39 is 0 Å². The predicted molar refractivity (Wildman–Crippen MR) is 86.7 cm³/mol. The van der Waals surface area contributed by atoms with Crippen molar-refractivity contribution in [3.05, 3.63) is 18.0 Å². The highest BCUT2D eigenvalue weighted by atomic mass is 15.3. The Kier molecular flexibility index (Phi) is 3.91. The van der Waals surface area contributed by atoms with Gasteiger partial charge in [-0.15, -0.1) is 0 Å². The molecule has 3 aliphatic heterocycles. The molecule has 4 nitrogen and oxygen atoms in total. The van der Waals surface area contributed by atoms with Crippen LogP contribution < -0.4 is 4.90 Å². The number of hydrogen-bond acceptors (Lipinski definition) is 3. The monoisotopic (exact) mass is 288 g/mol. The smallest absolute Gasteiger partial charge is 0.0591 e. The van der Waals surface area contributed by atoms with Gasteiger partial charge in [-0.05, 0) is 64.3 Å². The number of aromatic nitrogens is 1. The van der Waals surface area contributed by atoms with Crippen LogP contribution in [0.2, 0.25) is 0 Å². The van der Waals surface area contributed by atoms with Crippen LogP contribution in [-0.2, 0) is 6.54 Å². The van der Waals surface area contributed by atoms with E-state index in [9.17, 15) is 0 Å². The highest BCUT2D eigenvalue weighted by Gasteiger charge is 2.30. The van der Waals surface area contributed by atoms with E-state index in [1.54, 1.807) is 0 Å². The highest BCUT2D eigenvalue weighted by molar-refractivity contribution is 5.52. The maximum absolute atomic E-state index is 3.50. The van der Waals surface area contributed by atoms with E-state index >= 15 is 0 Å². The van der Waals surface area contributed by atoms with Crippen LogP contribution in [0.4, 0.5) is 5.69 Å². The lowest BCUT2D eigenvalue weighted by Gasteiger charge is -2.25. The summed E-state index contributed by atoms with van der Waals surface area (Å²) < 4.78 is 0. The van der Waals surface area contributed by atoms with E-state index in [1.807, 2.05) is 0 Å². The van der Waals surface area contributed by atoms with Crippen molar-refractivity contribution in [1.82, 2.24) is 14.8 Å². The normalized spacial score (nSPS) is 28.0. The number of likely N-dealkylation sites (tertiary alicyclic amines) is 2. The molecule has 0 amide bonds. The van der Waals surface area contributed by atoms with Crippen molar-refractivity contribution in [2.24, 2.45) is 0 Å². The largest absolute Gasteiger partial charge is 0.368 e. The third-order valence-electron chi connectivity index (χ3n) is 5.55. The van der Waals surface area contributed by atoms with Gasteiger partial charge in [0.2, 0.25) is 0 Å². The van der Waals surface area contributed by atoms with Crippen LogP contribution in [0, 0.1) is 0 Å². The van der Waals surface area contributed by atoms with E-state index in [0.717, 1.165) is 12.6 Å². The van der Waals surface area contributed by atoms with Crippen LogP contribution in [0.25, 0.3) is 0 Å². The molecule has 3 aliphatic rings. The predicted octanol–water partition coefficient (Wildman–Crippen LogP) is 2.29. The summed E-state index contributed by atoms with van der Waals surface area (Å²) >= 11 is 0. The van der Waals surface area contributed by atoms with Crippen LogP contribution in [0.15, 0.2) is 12.3 Å². The Hall–Kier alpha value is -1.00. The van der Waals surface area contributed by atoms with Crippen molar-refractivity contribution in [1.29, 1.82) is 0 Å². The van der Waals surface area contributed by atoms with Gasteiger partial charge in [-0.1, -0.05) is 0 Å². The Morgan fingerprint density at radius 2 is 1.76 bits per heavy atom. The van der Waals surface area contributed by atoms with Crippen LogP contribution >= 0.6 is 0 Å². The summed E-state index contributed by atoms with van der Waals surface area (Å²) in [6.45, 7) is 8.76. The molecule has 0 radical (unpaired) electrons. The first kappa shape index (κ1) is 13.6. The van der Waals surface area contributed by atoms with Crippen molar-refractivity contribution in [2.45, 2.75) is 44.7 Å². The Labute approximate surface area is 128 Å². The quantitative estimate of drug-likeness (QED) is 0.920. The molecule has 0 bridgehead atoms. The first-order chi connectivity index (χ1) is 10.4. The number of nitrogens with zero attached hydrogens (tertiary/aromatic N) is 3. The molecule has 0 aliphatic carbocycles. The van der Waals surface area contributed by atoms with Crippen LogP contribution in [0.3, 0.4) is 0 Å². The number of nitrogens with one attached hydrogen (secondary N) is 1. The summed E-state index contributed by atoms with van der Waals surface area (Å²) in [6, 6.07) is 3.08. The van der Waals surface area contributed by atoms with Gasteiger partial charge in [-0.3, -0.25) is 9.80 Å². The third-order valence-corrected chi connectivity index (χ3v) is 5.55. The molecule has 1 atom stereocenters. The summed E-state index contributed by atoms with van der Waals surface area (Å²) in [5.41, 5.74) is 2.89. The summed E-state index contributed by atoms with van der Waals surface area (Å²) in [5, 5.41) is 0. The molecule has 0 spiro atoms. The Morgan fingerprint density at radius 1 is 1.00 bits per heavy atom. The van der Waals surface area contributed by atoms with E-state index in [0.29, 0.717) is 0 Å². The highest BCUT2D eigenvalue weighted by Crippen LogP contribution is 2.28. The van der Waals surface area contributed by atoms with E-state index in [-0.39, 0.29) is 0 Å². The Bertz CT molecular complexity index is 457. The molecule has 4 rings (SSSR count). The molecule has 1 aromatic heterocycles.